The molecule has 0 saturated heterocycles. The zero-order chi connectivity index (χ0) is 30.2. The number of nitrogens with two attached hydrogens (primary N) is 1. The Morgan fingerprint density at radius 1 is 0.952 bits per heavy atom. The van der Waals surface area contributed by atoms with Crippen molar-refractivity contribution in [3.8, 4) is 23.3 Å². The molecule has 5 rings (SSSR count). The Balaban J connectivity index is 1.63. The summed E-state index contributed by atoms with van der Waals surface area (Å²) < 4.78 is 16.7. The number of allylic oxidation sites excluding steroid dienone is 3. The summed E-state index contributed by atoms with van der Waals surface area (Å²) in [6, 6.07) is 21.5. The van der Waals surface area contributed by atoms with Crippen molar-refractivity contribution in [2.45, 2.75) is 53.1 Å². The smallest absolute Gasteiger partial charge is 0.162 e. The van der Waals surface area contributed by atoms with E-state index in [0.29, 0.717) is 42.2 Å². The van der Waals surface area contributed by atoms with Gasteiger partial charge in [0.2, 0.25) is 0 Å². The summed E-state index contributed by atoms with van der Waals surface area (Å²) in [5.74, 6) is 2.02. The molecule has 0 fully saturated rings. The highest BCUT2D eigenvalue weighted by molar-refractivity contribution is 6.01. The minimum absolute atomic E-state index is 0.0435. The average Bonchev–Trinajstić information content (AvgIpc) is 2.96. The Bertz CT molecular complexity index is 1630. The van der Waals surface area contributed by atoms with E-state index in [2.05, 4.69) is 32.0 Å². The third-order valence-electron chi connectivity index (χ3n) is 8.18. The maximum atomic E-state index is 14.0. The third-order valence-corrected chi connectivity index (χ3v) is 8.18. The summed E-state index contributed by atoms with van der Waals surface area (Å²) in [6.07, 6.45) is 1.05. The van der Waals surface area contributed by atoms with Crippen molar-refractivity contribution >= 4 is 11.5 Å². The number of rotatable bonds is 7. The number of benzene rings is 3. The summed E-state index contributed by atoms with van der Waals surface area (Å²) in [5, 5.41) is 10.5. The van der Waals surface area contributed by atoms with Crippen LogP contribution in [0.15, 0.2) is 83.3 Å². The fraction of sp³-hybridized carbons (Fsp3) is 0.314. The van der Waals surface area contributed by atoms with Gasteiger partial charge in [-0.2, -0.15) is 5.26 Å². The highest BCUT2D eigenvalue weighted by Gasteiger charge is 2.45. The Kier molecular flexibility index (Phi) is 7.74. The summed E-state index contributed by atoms with van der Waals surface area (Å²) in [4.78, 5) is 15.9. The van der Waals surface area contributed by atoms with E-state index < -0.39 is 5.92 Å². The molecular formula is C35H37N3O4. The summed E-state index contributed by atoms with van der Waals surface area (Å²) in [6.45, 7) is 8.59. The van der Waals surface area contributed by atoms with Crippen LogP contribution in [-0.2, 0) is 11.4 Å². The first-order chi connectivity index (χ1) is 20.1. The fourth-order valence-corrected chi connectivity index (χ4v) is 6.09. The van der Waals surface area contributed by atoms with Crippen molar-refractivity contribution in [2.75, 3.05) is 19.1 Å². The second kappa shape index (κ2) is 11.3. The number of Topliss-reactive ketones (excluding diaryl/α,β-unsaturated/α-hetero) is 1. The first-order valence-corrected chi connectivity index (χ1v) is 14.0. The van der Waals surface area contributed by atoms with Gasteiger partial charge in [-0.05, 0) is 90.9 Å². The molecule has 0 aromatic heterocycles. The van der Waals surface area contributed by atoms with Crippen LogP contribution in [0, 0.1) is 30.6 Å². The van der Waals surface area contributed by atoms with Gasteiger partial charge in [0.15, 0.2) is 5.78 Å². The second-order valence-electron chi connectivity index (χ2n) is 11.8. The molecule has 0 saturated carbocycles. The molecule has 7 heteroatoms. The lowest BCUT2D eigenvalue weighted by atomic mass is 9.68. The van der Waals surface area contributed by atoms with Crippen LogP contribution < -0.4 is 24.8 Å². The van der Waals surface area contributed by atoms with E-state index >= 15 is 0 Å². The number of hydrogen-bond donors (Lipinski definition) is 1. The fourth-order valence-electron chi connectivity index (χ4n) is 6.09. The van der Waals surface area contributed by atoms with Gasteiger partial charge >= 0.3 is 0 Å². The van der Waals surface area contributed by atoms with E-state index in [1.807, 2.05) is 67.3 Å². The van der Waals surface area contributed by atoms with Gasteiger partial charge in [0.1, 0.15) is 29.7 Å². The molecular weight excluding hydrogens is 526 g/mol. The first-order valence-electron chi connectivity index (χ1n) is 14.0. The van der Waals surface area contributed by atoms with E-state index in [1.165, 1.54) is 0 Å². The van der Waals surface area contributed by atoms with E-state index in [4.69, 9.17) is 19.9 Å². The highest BCUT2D eigenvalue weighted by atomic mass is 16.5. The molecule has 0 bridgehead atoms. The zero-order valence-corrected chi connectivity index (χ0v) is 25.1. The molecule has 3 aromatic rings. The molecule has 1 aliphatic carbocycles. The van der Waals surface area contributed by atoms with Gasteiger partial charge in [0, 0.05) is 23.4 Å². The van der Waals surface area contributed by atoms with Crippen molar-refractivity contribution in [1.82, 2.24) is 0 Å². The number of carbonyl (C=O) groups is 1. The maximum Gasteiger partial charge on any atom is 0.162 e. The van der Waals surface area contributed by atoms with E-state index in [9.17, 15) is 10.1 Å². The molecule has 3 aromatic carbocycles. The number of hydrogen-bond acceptors (Lipinski definition) is 7. The average molecular weight is 564 g/mol. The summed E-state index contributed by atoms with van der Waals surface area (Å²) in [5.41, 5.74) is 13.1. The summed E-state index contributed by atoms with van der Waals surface area (Å²) in [7, 11) is 3.25. The maximum absolute atomic E-state index is 14.0. The van der Waals surface area contributed by atoms with Crippen molar-refractivity contribution in [2.24, 2.45) is 11.1 Å². The Labute approximate surface area is 247 Å². The van der Waals surface area contributed by atoms with Gasteiger partial charge in [-0.3, -0.25) is 9.69 Å². The van der Waals surface area contributed by atoms with Gasteiger partial charge < -0.3 is 19.9 Å². The SMILES string of the molecule is COc1ccc(OCc2cc(C)cc(C3C(C#N)=C(N)N(c4ccc(OC)cc4)C4=C3C(=O)CC(C)(C)C4)c2C)cc1. The quantitative estimate of drug-likeness (QED) is 0.336. The lowest BCUT2D eigenvalue weighted by Crippen LogP contribution is -2.42. The molecule has 1 aliphatic heterocycles. The number of aryl methyl sites for hydroxylation is 1. The van der Waals surface area contributed by atoms with Crippen molar-refractivity contribution in [3.05, 3.63) is 106 Å². The van der Waals surface area contributed by atoms with Crippen LogP contribution in [0.1, 0.15) is 54.9 Å². The van der Waals surface area contributed by atoms with E-state index in [0.717, 1.165) is 45.1 Å². The van der Waals surface area contributed by atoms with Crippen LogP contribution in [0.25, 0.3) is 0 Å². The van der Waals surface area contributed by atoms with Crippen molar-refractivity contribution < 1.29 is 19.0 Å². The van der Waals surface area contributed by atoms with Crippen molar-refractivity contribution in [1.29, 1.82) is 5.26 Å². The van der Waals surface area contributed by atoms with Gasteiger partial charge in [0.05, 0.1) is 31.8 Å². The second-order valence-corrected chi connectivity index (χ2v) is 11.8. The van der Waals surface area contributed by atoms with E-state index in [1.54, 1.807) is 14.2 Å². The lowest BCUT2D eigenvalue weighted by Gasteiger charge is -2.44. The predicted molar refractivity (Wildman–Crippen MR) is 163 cm³/mol. The molecule has 0 spiro atoms. The number of ketones is 1. The monoisotopic (exact) mass is 563 g/mol. The molecule has 1 unspecified atom stereocenters. The molecule has 2 N–H and O–H groups in total. The molecule has 42 heavy (non-hydrogen) atoms. The molecule has 7 nitrogen and oxygen atoms in total. The van der Waals surface area contributed by atoms with Crippen LogP contribution in [0.4, 0.5) is 5.69 Å². The van der Waals surface area contributed by atoms with Gasteiger partial charge in [-0.15, -0.1) is 0 Å². The number of ether oxygens (including phenoxy) is 3. The Morgan fingerprint density at radius 3 is 2.14 bits per heavy atom. The first kappa shape index (κ1) is 28.8. The largest absolute Gasteiger partial charge is 0.497 e. The highest BCUT2D eigenvalue weighted by Crippen LogP contribution is 2.51. The molecule has 0 radical (unpaired) electrons. The predicted octanol–water partition coefficient (Wildman–Crippen LogP) is 6.84. The standard InChI is InChI=1S/C35H37N3O4/c1-21-15-23(20-42-27-13-11-26(41-6)12-14-27)22(2)28(16-21)32-29(19-36)34(37)38(24-7-9-25(40-5)10-8-24)30-17-35(3,4)18-31(39)33(30)32/h7-16,32H,17-18,20,37H2,1-6H3. The number of nitrogens with zero attached hydrogens (tertiary/aromatic N) is 2. The van der Waals surface area contributed by atoms with Crippen LogP contribution in [0.2, 0.25) is 0 Å². The molecule has 216 valence electrons. The minimum Gasteiger partial charge on any atom is -0.497 e. The number of carbonyl (C=O) groups excluding carboxylic acids is 1. The third kappa shape index (κ3) is 5.33. The van der Waals surface area contributed by atoms with Gasteiger partial charge in [-0.1, -0.05) is 31.5 Å². The number of anilines is 1. The lowest BCUT2D eigenvalue weighted by molar-refractivity contribution is -0.118. The van der Waals surface area contributed by atoms with Crippen molar-refractivity contribution in [3.63, 3.8) is 0 Å². The van der Waals surface area contributed by atoms with Crippen LogP contribution in [0.5, 0.6) is 17.2 Å². The van der Waals surface area contributed by atoms with Gasteiger partial charge in [-0.25, -0.2) is 0 Å². The van der Waals surface area contributed by atoms with E-state index in [-0.39, 0.29) is 11.2 Å². The number of nitriles is 1. The van der Waals surface area contributed by atoms with Crippen LogP contribution in [0.3, 0.4) is 0 Å². The Hall–Kier alpha value is -4.70. The molecule has 2 aliphatic rings. The summed E-state index contributed by atoms with van der Waals surface area (Å²) >= 11 is 0. The molecule has 0 amide bonds. The van der Waals surface area contributed by atoms with Gasteiger partial charge in [0.25, 0.3) is 0 Å². The topological polar surface area (TPSA) is 97.8 Å². The molecule has 1 heterocycles. The number of methoxy groups -OCH3 is 2. The van der Waals surface area contributed by atoms with Crippen LogP contribution >= 0.6 is 0 Å². The van der Waals surface area contributed by atoms with Crippen LogP contribution in [-0.4, -0.2) is 20.0 Å². The zero-order valence-electron chi connectivity index (χ0n) is 25.1. The molecule has 1 atom stereocenters. The Morgan fingerprint density at radius 2 is 1.55 bits per heavy atom. The minimum atomic E-state index is -0.567. The normalized spacial score (nSPS) is 18.0.